The maximum absolute atomic E-state index is 9.66. The second-order valence-corrected chi connectivity index (χ2v) is 4.96. The first-order valence-electron chi connectivity index (χ1n) is 6.29. The second kappa shape index (κ2) is 5.28. The van der Waals surface area contributed by atoms with Crippen molar-refractivity contribution < 1.29 is 9.84 Å². The summed E-state index contributed by atoms with van der Waals surface area (Å²) in [4.78, 5) is 2.49. The highest BCUT2D eigenvalue weighted by molar-refractivity contribution is 4.85. The lowest BCUT2D eigenvalue weighted by Gasteiger charge is -2.30. The van der Waals surface area contributed by atoms with Gasteiger partial charge >= 0.3 is 0 Å². The minimum Gasteiger partial charge on any atom is -0.392 e. The summed E-state index contributed by atoms with van der Waals surface area (Å²) in [5.41, 5.74) is 0. The van der Waals surface area contributed by atoms with Crippen LogP contribution in [0.5, 0.6) is 0 Å². The Kier molecular flexibility index (Phi) is 4.00. The number of hydrogen-bond donors (Lipinski definition) is 1. The summed E-state index contributed by atoms with van der Waals surface area (Å²) < 4.78 is 5.37. The topological polar surface area (TPSA) is 32.7 Å². The van der Waals surface area contributed by atoms with Crippen LogP contribution in [0.15, 0.2) is 0 Å². The number of nitrogens with zero attached hydrogens (tertiary/aromatic N) is 1. The third-order valence-corrected chi connectivity index (χ3v) is 3.81. The maximum atomic E-state index is 9.66. The van der Waals surface area contributed by atoms with Gasteiger partial charge in [0.25, 0.3) is 0 Å². The highest BCUT2D eigenvalue weighted by atomic mass is 16.5. The lowest BCUT2D eigenvalue weighted by molar-refractivity contribution is 0.0490. The van der Waals surface area contributed by atoms with Crippen molar-refractivity contribution in [2.45, 2.75) is 44.8 Å². The molecule has 0 saturated carbocycles. The molecule has 0 aromatic carbocycles. The van der Waals surface area contributed by atoms with Crippen LogP contribution >= 0.6 is 0 Å². The SMILES string of the molecule is CCC1C[C@@H](O)CN1CC1CCOCC1. The van der Waals surface area contributed by atoms with Crippen LogP contribution in [0.25, 0.3) is 0 Å². The van der Waals surface area contributed by atoms with Gasteiger partial charge in [-0.3, -0.25) is 4.90 Å². The Labute approximate surface area is 92.4 Å². The van der Waals surface area contributed by atoms with E-state index in [-0.39, 0.29) is 6.10 Å². The summed E-state index contributed by atoms with van der Waals surface area (Å²) in [6, 6.07) is 0.614. The van der Waals surface area contributed by atoms with Gasteiger partial charge in [-0.1, -0.05) is 6.92 Å². The number of aliphatic hydroxyl groups is 1. The van der Waals surface area contributed by atoms with E-state index in [9.17, 15) is 5.11 Å². The van der Waals surface area contributed by atoms with Crippen molar-refractivity contribution in [3.63, 3.8) is 0 Å². The van der Waals surface area contributed by atoms with Crippen molar-refractivity contribution in [3.05, 3.63) is 0 Å². The first-order valence-corrected chi connectivity index (χ1v) is 6.29. The monoisotopic (exact) mass is 213 g/mol. The molecule has 88 valence electrons. The Bertz CT molecular complexity index is 192. The molecule has 0 aromatic heterocycles. The Hall–Kier alpha value is -0.120. The second-order valence-electron chi connectivity index (χ2n) is 4.96. The van der Waals surface area contributed by atoms with Crippen LogP contribution in [-0.2, 0) is 4.74 Å². The van der Waals surface area contributed by atoms with E-state index in [1.165, 1.54) is 25.8 Å². The van der Waals surface area contributed by atoms with Crippen LogP contribution in [0.4, 0.5) is 0 Å². The zero-order valence-corrected chi connectivity index (χ0v) is 9.69. The van der Waals surface area contributed by atoms with Crippen molar-refractivity contribution in [2.75, 3.05) is 26.3 Å². The van der Waals surface area contributed by atoms with E-state index >= 15 is 0 Å². The highest BCUT2D eigenvalue weighted by Gasteiger charge is 2.31. The van der Waals surface area contributed by atoms with Crippen molar-refractivity contribution in [1.82, 2.24) is 4.90 Å². The predicted octanol–water partition coefficient (Wildman–Crippen LogP) is 1.26. The van der Waals surface area contributed by atoms with Gasteiger partial charge in [-0.2, -0.15) is 0 Å². The molecule has 1 unspecified atom stereocenters. The van der Waals surface area contributed by atoms with E-state index < -0.39 is 0 Å². The van der Waals surface area contributed by atoms with Gasteiger partial charge in [0, 0.05) is 32.3 Å². The predicted molar refractivity (Wildman–Crippen MR) is 59.8 cm³/mol. The van der Waals surface area contributed by atoms with Gasteiger partial charge in [0.05, 0.1) is 6.10 Å². The van der Waals surface area contributed by atoms with Gasteiger partial charge in [-0.05, 0) is 31.6 Å². The summed E-state index contributed by atoms with van der Waals surface area (Å²) >= 11 is 0. The molecule has 2 atom stereocenters. The van der Waals surface area contributed by atoms with Crippen molar-refractivity contribution in [1.29, 1.82) is 0 Å². The van der Waals surface area contributed by atoms with Crippen molar-refractivity contribution >= 4 is 0 Å². The number of β-amino-alcohol motifs (C(OH)–C–C–N with tert-alkyl or cyclic N) is 1. The molecule has 2 heterocycles. The lowest BCUT2D eigenvalue weighted by Crippen LogP contribution is -2.36. The van der Waals surface area contributed by atoms with Gasteiger partial charge in [0.2, 0.25) is 0 Å². The molecule has 0 bridgehead atoms. The van der Waals surface area contributed by atoms with Crippen molar-refractivity contribution in [2.24, 2.45) is 5.92 Å². The number of ether oxygens (including phenoxy) is 1. The summed E-state index contributed by atoms with van der Waals surface area (Å²) in [7, 11) is 0. The molecule has 2 aliphatic rings. The first kappa shape index (κ1) is 11.4. The molecule has 3 heteroatoms. The summed E-state index contributed by atoms with van der Waals surface area (Å²) in [6.45, 7) is 6.13. The van der Waals surface area contributed by atoms with Gasteiger partial charge in [0.15, 0.2) is 0 Å². The van der Waals surface area contributed by atoms with E-state index in [1.54, 1.807) is 0 Å². The summed E-state index contributed by atoms with van der Waals surface area (Å²) in [5.74, 6) is 0.790. The average molecular weight is 213 g/mol. The number of hydrogen-bond acceptors (Lipinski definition) is 3. The maximum Gasteiger partial charge on any atom is 0.0682 e. The quantitative estimate of drug-likeness (QED) is 0.766. The molecule has 15 heavy (non-hydrogen) atoms. The third-order valence-electron chi connectivity index (χ3n) is 3.81. The lowest BCUT2D eigenvalue weighted by atomic mass is 9.99. The Morgan fingerprint density at radius 2 is 2.07 bits per heavy atom. The van der Waals surface area contributed by atoms with E-state index in [0.717, 1.165) is 32.1 Å². The average Bonchev–Trinajstić information content (AvgIpc) is 2.60. The molecule has 2 saturated heterocycles. The molecule has 3 nitrogen and oxygen atoms in total. The van der Waals surface area contributed by atoms with E-state index in [2.05, 4.69) is 11.8 Å². The molecule has 0 aliphatic carbocycles. The fourth-order valence-corrected chi connectivity index (χ4v) is 2.87. The summed E-state index contributed by atoms with van der Waals surface area (Å²) in [5, 5.41) is 9.66. The van der Waals surface area contributed by atoms with Crippen LogP contribution in [0.3, 0.4) is 0 Å². The molecule has 0 amide bonds. The molecule has 0 spiro atoms. The Morgan fingerprint density at radius 1 is 1.33 bits per heavy atom. The zero-order valence-electron chi connectivity index (χ0n) is 9.69. The van der Waals surface area contributed by atoms with Gasteiger partial charge in [-0.15, -0.1) is 0 Å². The first-order chi connectivity index (χ1) is 7.29. The van der Waals surface area contributed by atoms with E-state index in [1.807, 2.05) is 0 Å². The Balaban J connectivity index is 1.81. The minimum absolute atomic E-state index is 0.0882. The van der Waals surface area contributed by atoms with Crippen LogP contribution < -0.4 is 0 Å². The molecular formula is C12H23NO2. The van der Waals surface area contributed by atoms with Crippen LogP contribution in [0.2, 0.25) is 0 Å². The van der Waals surface area contributed by atoms with Gasteiger partial charge in [-0.25, -0.2) is 0 Å². The zero-order chi connectivity index (χ0) is 10.7. The van der Waals surface area contributed by atoms with Crippen LogP contribution in [-0.4, -0.2) is 48.5 Å². The normalized spacial score (nSPS) is 34.8. The molecule has 0 radical (unpaired) electrons. The molecule has 2 rings (SSSR count). The highest BCUT2D eigenvalue weighted by Crippen LogP contribution is 2.24. The molecular weight excluding hydrogens is 190 g/mol. The third kappa shape index (κ3) is 2.92. The largest absolute Gasteiger partial charge is 0.392 e. The standard InChI is InChI=1S/C12H23NO2/c1-2-11-7-12(14)9-13(11)8-10-3-5-15-6-4-10/h10-12,14H,2-9H2,1H3/t11?,12-/m1/s1. The van der Waals surface area contributed by atoms with Gasteiger partial charge < -0.3 is 9.84 Å². The number of aliphatic hydroxyl groups excluding tert-OH is 1. The number of rotatable bonds is 3. The van der Waals surface area contributed by atoms with Crippen LogP contribution in [0, 0.1) is 5.92 Å². The summed E-state index contributed by atoms with van der Waals surface area (Å²) in [6.07, 6.45) is 4.45. The number of likely N-dealkylation sites (tertiary alicyclic amines) is 1. The molecule has 2 aliphatic heterocycles. The minimum atomic E-state index is -0.0882. The molecule has 0 aromatic rings. The van der Waals surface area contributed by atoms with Crippen LogP contribution in [0.1, 0.15) is 32.6 Å². The smallest absolute Gasteiger partial charge is 0.0682 e. The fourth-order valence-electron chi connectivity index (χ4n) is 2.87. The Morgan fingerprint density at radius 3 is 2.73 bits per heavy atom. The molecule has 1 N–H and O–H groups in total. The fraction of sp³-hybridized carbons (Fsp3) is 1.00. The van der Waals surface area contributed by atoms with Crippen molar-refractivity contribution in [3.8, 4) is 0 Å². The van der Waals surface area contributed by atoms with Gasteiger partial charge in [0.1, 0.15) is 0 Å². The van der Waals surface area contributed by atoms with E-state index in [4.69, 9.17) is 4.74 Å². The van der Waals surface area contributed by atoms with E-state index in [0.29, 0.717) is 6.04 Å². The molecule has 2 fully saturated rings.